The Kier molecular flexibility index (Phi) is 5.62. The van der Waals surface area contributed by atoms with E-state index in [-0.39, 0.29) is 5.56 Å². The lowest BCUT2D eigenvalue weighted by Gasteiger charge is -2.36. The molecule has 1 aromatic rings. The zero-order chi connectivity index (χ0) is 18.8. The predicted molar refractivity (Wildman–Crippen MR) is 105 cm³/mol. The van der Waals surface area contributed by atoms with Gasteiger partial charge in [-0.1, -0.05) is 6.42 Å². The Morgan fingerprint density at radius 2 is 1.81 bits per heavy atom. The molecule has 3 heterocycles. The molecule has 0 saturated carbocycles. The summed E-state index contributed by atoms with van der Waals surface area (Å²) < 4.78 is 1.71. The van der Waals surface area contributed by atoms with Gasteiger partial charge in [0.25, 0.3) is 5.56 Å². The number of likely N-dealkylation sites (tertiary alicyclic amines) is 2. The van der Waals surface area contributed by atoms with Gasteiger partial charge in [-0.15, -0.1) is 0 Å². The van der Waals surface area contributed by atoms with Gasteiger partial charge in [-0.05, 0) is 69.5 Å². The molecule has 6 heteroatoms. The Morgan fingerprint density at radius 1 is 1.00 bits per heavy atom. The molecular weight excluding hydrogens is 340 g/mol. The molecule has 1 aromatic heterocycles. The molecule has 0 bridgehead atoms. The third-order valence-corrected chi connectivity index (χ3v) is 6.75. The van der Waals surface area contributed by atoms with E-state index in [9.17, 15) is 9.59 Å². The van der Waals surface area contributed by atoms with Gasteiger partial charge in [0.2, 0.25) is 5.91 Å². The molecule has 1 atom stereocenters. The average Bonchev–Trinajstić information content (AvgIpc) is 3.05. The molecular formula is C21H32N4O2. The van der Waals surface area contributed by atoms with Crippen molar-refractivity contribution in [1.29, 1.82) is 0 Å². The lowest BCUT2D eigenvalue weighted by molar-refractivity contribution is -0.131. The summed E-state index contributed by atoms with van der Waals surface area (Å²) in [5.41, 5.74) is 2.36. The van der Waals surface area contributed by atoms with Crippen molar-refractivity contribution in [1.82, 2.24) is 19.6 Å². The van der Waals surface area contributed by atoms with E-state index in [0.717, 1.165) is 88.8 Å². The first-order valence-electron chi connectivity index (χ1n) is 10.7. The van der Waals surface area contributed by atoms with Gasteiger partial charge in [0.15, 0.2) is 0 Å². The standard InChI is InChI=1S/C21H32N4O2/c1-23-18(6-2-3-8-20(23)26)15-24-11-9-16(10-12-24)14-25-21(27)13-17-5-4-7-19(17)22-25/h13,16,18H,2-12,14-15H2,1H3. The van der Waals surface area contributed by atoms with Gasteiger partial charge in [0.05, 0.1) is 5.69 Å². The fraction of sp³-hybridized carbons (Fsp3) is 0.762. The number of rotatable bonds is 4. The van der Waals surface area contributed by atoms with Crippen LogP contribution in [-0.2, 0) is 24.2 Å². The number of carbonyl (C=O) groups excluding carboxylic acids is 1. The Hall–Kier alpha value is -1.69. The normalized spacial score (nSPS) is 24.9. The van der Waals surface area contributed by atoms with Crippen LogP contribution in [0, 0.1) is 5.92 Å². The van der Waals surface area contributed by atoms with E-state index in [1.807, 2.05) is 18.0 Å². The number of aryl methyl sites for hydroxylation is 2. The second-order valence-electron chi connectivity index (χ2n) is 8.64. The van der Waals surface area contributed by atoms with E-state index < -0.39 is 0 Å². The van der Waals surface area contributed by atoms with E-state index in [2.05, 4.69) is 10.00 Å². The lowest BCUT2D eigenvalue weighted by Crippen LogP contribution is -2.46. The van der Waals surface area contributed by atoms with Crippen molar-refractivity contribution in [3.8, 4) is 0 Å². The Morgan fingerprint density at radius 3 is 2.63 bits per heavy atom. The number of likely N-dealkylation sites (N-methyl/N-ethyl adjacent to an activating group) is 1. The summed E-state index contributed by atoms with van der Waals surface area (Å²) in [6.45, 7) is 3.86. The number of hydrogen-bond acceptors (Lipinski definition) is 4. The van der Waals surface area contributed by atoms with Gasteiger partial charge in [-0.3, -0.25) is 9.59 Å². The van der Waals surface area contributed by atoms with Crippen LogP contribution in [0.1, 0.15) is 56.2 Å². The van der Waals surface area contributed by atoms with Gasteiger partial charge in [0, 0.05) is 38.7 Å². The number of aromatic nitrogens is 2. The first kappa shape index (κ1) is 18.7. The van der Waals surface area contributed by atoms with Crippen LogP contribution < -0.4 is 5.56 Å². The summed E-state index contributed by atoms with van der Waals surface area (Å²) in [5, 5.41) is 4.63. The Labute approximate surface area is 161 Å². The highest BCUT2D eigenvalue weighted by Gasteiger charge is 2.27. The number of piperidine rings is 1. The molecule has 0 radical (unpaired) electrons. The van der Waals surface area contributed by atoms with Crippen LogP contribution in [0.15, 0.2) is 10.9 Å². The molecule has 1 amide bonds. The Bertz CT molecular complexity index is 736. The van der Waals surface area contributed by atoms with Gasteiger partial charge in [0.1, 0.15) is 0 Å². The molecule has 0 aromatic carbocycles. The van der Waals surface area contributed by atoms with Crippen LogP contribution in [0.3, 0.4) is 0 Å². The maximum absolute atomic E-state index is 12.3. The van der Waals surface area contributed by atoms with Crippen molar-refractivity contribution in [2.24, 2.45) is 5.92 Å². The second kappa shape index (κ2) is 8.13. The highest BCUT2D eigenvalue weighted by molar-refractivity contribution is 5.76. The van der Waals surface area contributed by atoms with Crippen molar-refractivity contribution in [2.75, 3.05) is 26.7 Å². The molecule has 3 aliphatic rings. The molecule has 2 saturated heterocycles. The number of carbonyl (C=O) groups is 1. The van der Waals surface area contributed by atoms with Gasteiger partial charge >= 0.3 is 0 Å². The maximum Gasteiger partial charge on any atom is 0.267 e. The van der Waals surface area contributed by atoms with E-state index >= 15 is 0 Å². The van der Waals surface area contributed by atoms with Crippen LogP contribution in [-0.4, -0.2) is 58.2 Å². The third kappa shape index (κ3) is 4.26. The topological polar surface area (TPSA) is 58.4 Å². The van der Waals surface area contributed by atoms with Gasteiger partial charge in [-0.2, -0.15) is 5.10 Å². The highest BCUT2D eigenvalue weighted by Crippen LogP contribution is 2.23. The quantitative estimate of drug-likeness (QED) is 0.809. The molecule has 1 unspecified atom stereocenters. The van der Waals surface area contributed by atoms with E-state index in [1.165, 1.54) is 0 Å². The number of nitrogens with zero attached hydrogens (tertiary/aromatic N) is 4. The smallest absolute Gasteiger partial charge is 0.267 e. The summed E-state index contributed by atoms with van der Waals surface area (Å²) in [6, 6.07) is 2.17. The van der Waals surface area contributed by atoms with Crippen molar-refractivity contribution < 1.29 is 4.79 Å². The molecule has 0 spiro atoms. The molecule has 148 valence electrons. The largest absolute Gasteiger partial charge is 0.341 e. The summed E-state index contributed by atoms with van der Waals surface area (Å²) >= 11 is 0. The molecule has 2 fully saturated rings. The molecule has 1 aliphatic carbocycles. The highest BCUT2D eigenvalue weighted by atomic mass is 16.2. The van der Waals surface area contributed by atoms with Gasteiger partial charge < -0.3 is 9.80 Å². The molecule has 2 aliphatic heterocycles. The van der Waals surface area contributed by atoms with Crippen molar-refractivity contribution in [2.45, 2.75) is 70.4 Å². The first-order valence-corrected chi connectivity index (χ1v) is 10.7. The lowest BCUT2D eigenvalue weighted by atomic mass is 9.96. The van der Waals surface area contributed by atoms with Crippen LogP contribution >= 0.6 is 0 Å². The van der Waals surface area contributed by atoms with E-state index in [0.29, 0.717) is 24.3 Å². The zero-order valence-corrected chi connectivity index (χ0v) is 16.5. The zero-order valence-electron chi connectivity index (χ0n) is 16.5. The summed E-state index contributed by atoms with van der Waals surface area (Å²) in [6.07, 6.45) is 9.38. The molecule has 4 rings (SSSR count). The first-order chi connectivity index (χ1) is 13.1. The Balaban J connectivity index is 1.30. The fourth-order valence-corrected chi connectivity index (χ4v) is 4.91. The molecule has 27 heavy (non-hydrogen) atoms. The summed E-state index contributed by atoms with van der Waals surface area (Å²) in [4.78, 5) is 28.9. The summed E-state index contributed by atoms with van der Waals surface area (Å²) in [7, 11) is 1.97. The minimum atomic E-state index is 0.0664. The van der Waals surface area contributed by atoms with Crippen molar-refractivity contribution in [3.05, 3.63) is 27.7 Å². The number of fused-ring (bicyclic) bond motifs is 1. The third-order valence-electron chi connectivity index (χ3n) is 6.75. The summed E-state index contributed by atoms with van der Waals surface area (Å²) in [5.74, 6) is 0.828. The maximum atomic E-state index is 12.3. The minimum absolute atomic E-state index is 0.0664. The van der Waals surface area contributed by atoms with Crippen LogP contribution in [0.5, 0.6) is 0 Å². The number of hydrogen-bond donors (Lipinski definition) is 0. The van der Waals surface area contributed by atoms with Crippen molar-refractivity contribution in [3.63, 3.8) is 0 Å². The number of amides is 1. The molecule has 6 nitrogen and oxygen atoms in total. The average molecular weight is 373 g/mol. The predicted octanol–water partition coefficient (Wildman–Crippen LogP) is 1.84. The minimum Gasteiger partial charge on any atom is -0.341 e. The van der Waals surface area contributed by atoms with Crippen LogP contribution in [0.25, 0.3) is 0 Å². The SMILES string of the molecule is CN1C(=O)CCCCC1CN1CCC(Cn2nc3c(cc2=O)CCC3)CC1. The fourth-order valence-electron chi connectivity index (χ4n) is 4.91. The van der Waals surface area contributed by atoms with Crippen LogP contribution in [0.4, 0.5) is 0 Å². The molecule has 0 N–H and O–H groups in total. The monoisotopic (exact) mass is 372 g/mol. The van der Waals surface area contributed by atoms with E-state index in [4.69, 9.17) is 0 Å². The van der Waals surface area contributed by atoms with Crippen molar-refractivity contribution >= 4 is 5.91 Å². The van der Waals surface area contributed by atoms with Crippen LogP contribution in [0.2, 0.25) is 0 Å². The van der Waals surface area contributed by atoms with Gasteiger partial charge in [-0.25, -0.2) is 4.68 Å². The van der Waals surface area contributed by atoms with E-state index in [1.54, 1.807) is 4.68 Å². The second-order valence-corrected chi connectivity index (χ2v) is 8.64.